The quantitative estimate of drug-likeness (QED) is 0.790. The van der Waals surface area contributed by atoms with E-state index in [0.717, 1.165) is 5.69 Å². The molecule has 0 aliphatic heterocycles. The summed E-state index contributed by atoms with van der Waals surface area (Å²) in [6.45, 7) is 4.55. The van der Waals surface area contributed by atoms with Crippen LogP contribution in [0.2, 0.25) is 0 Å². The second-order valence-corrected chi connectivity index (χ2v) is 5.17. The number of hydrogen-bond acceptors (Lipinski definition) is 2. The smallest absolute Gasteiger partial charge is 0.255 e. The van der Waals surface area contributed by atoms with Gasteiger partial charge in [0.2, 0.25) is 0 Å². The molecule has 0 spiro atoms. The Kier molecular flexibility index (Phi) is 4.27. The number of nitrogens with zero attached hydrogens (tertiary/aromatic N) is 2. The third kappa shape index (κ3) is 3.30. The largest absolute Gasteiger partial charge is 0.341 e. The van der Waals surface area contributed by atoms with E-state index in [1.807, 2.05) is 13.8 Å². The van der Waals surface area contributed by atoms with Crippen LogP contribution in [0, 0.1) is 6.92 Å². The molecule has 1 unspecified atom stereocenters. The van der Waals surface area contributed by atoms with E-state index in [1.165, 1.54) is 0 Å². The molecule has 3 nitrogen and oxygen atoms in total. The summed E-state index contributed by atoms with van der Waals surface area (Å²) in [5.74, 6) is 0.0203. The van der Waals surface area contributed by atoms with Crippen molar-refractivity contribution in [3.63, 3.8) is 0 Å². The molecule has 0 N–H and O–H groups in total. The first-order valence-corrected chi connectivity index (χ1v) is 5.75. The molecule has 1 aromatic rings. The number of carbonyl (C=O) groups excluding carboxylic acids is 1. The number of aryl methyl sites for hydroxylation is 1. The van der Waals surface area contributed by atoms with Gasteiger partial charge < -0.3 is 4.90 Å². The van der Waals surface area contributed by atoms with Crippen LogP contribution in [-0.2, 0) is 0 Å². The maximum absolute atomic E-state index is 12.0. The molecule has 82 valence electrons. The van der Waals surface area contributed by atoms with Gasteiger partial charge in [-0.1, -0.05) is 22.9 Å². The van der Waals surface area contributed by atoms with Gasteiger partial charge in [0, 0.05) is 30.3 Å². The van der Waals surface area contributed by atoms with Gasteiger partial charge in [0.05, 0.1) is 5.56 Å². The van der Waals surface area contributed by atoms with E-state index < -0.39 is 0 Å². The van der Waals surface area contributed by atoms with Gasteiger partial charge in [-0.15, -0.1) is 0 Å². The Labute approximate surface area is 98.6 Å². The zero-order valence-corrected chi connectivity index (χ0v) is 10.8. The lowest BCUT2D eigenvalue weighted by molar-refractivity contribution is 0.0796. The molecule has 0 aliphatic carbocycles. The Morgan fingerprint density at radius 3 is 2.87 bits per heavy atom. The highest BCUT2D eigenvalue weighted by atomic mass is 79.9. The van der Waals surface area contributed by atoms with Crippen molar-refractivity contribution in [1.29, 1.82) is 0 Å². The van der Waals surface area contributed by atoms with E-state index >= 15 is 0 Å². The summed E-state index contributed by atoms with van der Waals surface area (Å²) >= 11 is 3.42. The standard InChI is InChI=1S/C11H15BrN2O/c1-8(12)7-14(3)11(15)10-5-4-6-13-9(10)2/h4-6,8H,7H2,1-3H3. The summed E-state index contributed by atoms with van der Waals surface area (Å²) in [6, 6.07) is 3.59. The van der Waals surface area contributed by atoms with Gasteiger partial charge >= 0.3 is 0 Å². The highest BCUT2D eigenvalue weighted by Gasteiger charge is 2.15. The number of aromatic nitrogens is 1. The van der Waals surface area contributed by atoms with Crippen molar-refractivity contribution >= 4 is 21.8 Å². The number of halogens is 1. The Hall–Kier alpha value is -0.900. The summed E-state index contributed by atoms with van der Waals surface area (Å²) in [6.07, 6.45) is 1.69. The number of hydrogen-bond donors (Lipinski definition) is 0. The molecule has 0 aliphatic rings. The SMILES string of the molecule is Cc1ncccc1C(=O)N(C)CC(C)Br. The number of rotatable bonds is 3. The van der Waals surface area contributed by atoms with Gasteiger partial charge in [-0.2, -0.15) is 0 Å². The Balaban J connectivity index is 2.81. The molecule has 1 amide bonds. The van der Waals surface area contributed by atoms with Crippen molar-refractivity contribution in [1.82, 2.24) is 9.88 Å². The normalized spacial score (nSPS) is 12.3. The van der Waals surface area contributed by atoms with Crippen LogP contribution in [0.5, 0.6) is 0 Å². The van der Waals surface area contributed by atoms with Crippen LogP contribution in [-0.4, -0.2) is 34.2 Å². The molecule has 0 saturated carbocycles. The Bertz CT molecular complexity index is 352. The van der Waals surface area contributed by atoms with Crippen LogP contribution in [0.3, 0.4) is 0 Å². The van der Waals surface area contributed by atoms with E-state index in [-0.39, 0.29) is 5.91 Å². The third-order valence-corrected chi connectivity index (χ3v) is 2.40. The van der Waals surface area contributed by atoms with Crippen molar-refractivity contribution in [3.05, 3.63) is 29.6 Å². The Morgan fingerprint density at radius 1 is 1.67 bits per heavy atom. The fraction of sp³-hybridized carbons (Fsp3) is 0.455. The van der Waals surface area contributed by atoms with E-state index in [4.69, 9.17) is 0 Å². The van der Waals surface area contributed by atoms with Crippen molar-refractivity contribution < 1.29 is 4.79 Å². The van der Waals surface area contributed by atoms with Gasteiger partial charge in [0.1, 0.15) is 0 Å². The predicted molar refractivity (Wildman–Crippen MR) is 64.3 cm³/mol. The van der Waals surface area contributed by atoms with E-state index in [9.17, 15) is 4.79 Å². The second kappa shape index (κ2) is 5.26. The van der Waals surface area contributed by atoms with Gasteiger partial charge in [0.25, 0.3) is 5.91 Å². The van der Waals surface area contributed by atoms with Gasteiger partial charge in [0.15, 0.2) is 0 Å². The highest BCUT2D eigenvalue weighted by Crippen LogP contribution is 2.09. The molecule has 0 aromatic carbocycles. The number of carbonyl (C=O) groups is 1. The maximum atomic E-state index is 12.0. The second-order valence-electron chi connectivity index (χ2n) is 3.60. The van der Waals surface area contributed by atoms with Crippen LogP contribution < -0.4 is 0 Å². The fourth-order valence-corrected chi connectivity index (χ4v) is 1.81. The van der Waals surface area contributed by atoms with Crippen LogP contribution in [0.1, 0.15) is 23.0 Å². The highest BCUT2D eigenvalue weighted by molar-refractivity contribution is 9.09. The van der Waals surface area contributed by atoms with Crippen molar-refractivity contribution in [2.45, 2.75) is 18.7 Å². The molecule has 1 atom stereocenters. The fourth-order valence-electron chi connectivity index (χ4n) is 1.38. The molecular formula is C11H15BrN2O. The number of pyridine rings is 1. The summed E-state index contributed by atoms with van der Waals surface area (Å²) in [4.78, 5) is 18.1. The van der Waals surface area contributed by atoms with E-state index in [0.29, 0.717) is 16.9 Å². The molecule has 1 rings (SSSR count). The molecule has 1 aromatic heterocycles. The minimum Gasteiger partial charge on any atom is -0.341 e. The lowest BCUT2D eigenvalue weighted by Crippen LogP contribution is -2.31. The summed E-state index contributed by atoms with van der Waals surface area (Å²) < 4.78 is 0. The number of alkyl halides is 1. The molecule has 0 bridgehead atoms. The predicted octanol–water partition coefficient (Wildman–Crippen LogP) is 2.25. The topological polar surface area (TPSA) is 33.2 Å². The molecule has 15 heavy (non-hydrogen) atoms. The van der Waals surface area contributed by atoms with Gasteiger partial charge in [-0.25, -0.2) is 0 Å². The van der Waals surface area contributed by atoms with E-state index in [1.54, 1.807) is 30.3 Å². The van der Waals surface area contributed by atoms with Gasteiger partial charge in [-0.3, -0.25) is 9.78 Å². The average molecular weight is 271 g/mol. The molecule has 0 saturated heterocycles. The number of amides is 1. The minimum absolute atomic E-state index is 0.0203. The zero-order valence-electron chi connectivity index (χ0n) is 9.20. The summed E-state index contributed by atoms with van der Waals surface area (Å²) in [5, 5.41) is 0. The van der Waals surface area contributed by atoms with Gasteiger partial charge in [-0.05, 0) is 19.1 Å². The van der Waals surface area contributed by atoms with E-state index in [2.05, 4.69) is 20.9 Å². The Morgan fingerprint density at radius 2 is 2.33 bits per heavy atom. The lowest BCUT2D eigenvalue weighted by atomic mass is 10.2. The first-order valence-electron chi connectivity index (χ1n) is 4.83. The summed E-state index contributed by atoms with van der Waals surface area (Å²) in [5.41, 5.74) is 1.45. The monoisotopic (exact) mass is 270 g/mol. The molecule has 0 fully saturated rings. The van der Waals surface area contributed by atoms with Crippen molar-refractivity contribution in [3.8, 4) is 0 Å². The zero-order chi connectivity index (χ0) is 11.4. The van der Waals surface area contributed by atoms with Crippen LogP contribution in [0.4, 0.5) is 0 Å². The average Bonchev–Trinajstić information content (AvgIpc) is 2.16. The molecular weight excluding hydrogens is 256 g/mol. The van der Waals surface area contributed by atoms with Crippen LogP contribution in [0.15, 0.2) is 18.3 Å². The third-order valence-electron chi connectivity index (χ3n) is 2.11. The molecule has 4 heteroatoms. The van der Waals surface area contributed by atoms with Crippen LogP contribution in [0.25, 0.3) is 0 Å². The molecule has 0 radical (unpaired) electrons. The minimum atomic E-state index is 0.0203. The van der Waals surface area contributed by atoms with Crippen LogP contribution >= 0.6 is 15.9 Å². The first-order chi connectivity index (χ1) is 7.02. The summed E-state index contributed by atoms with van der Waals surface area (Å²) in [7, 11) is 1.80. The van der Waals surface area contributed by atoms with Crippen molar-refractivity contribution in [2.75, 3.05) is 13.6 Å². The lowest BCUT2D eigenvalue weighted by Gasteiger charge is -2.19. The maximum Gasteiger partial charge on any atom is 0.255 e. The van der Waals surface area contributed by atoms with Crippen molar-refractivity contribution in [2.24, 2.45) is 0 Å². The molecule has 1 heterocycles. The first kappa shape index (κ1) is 12.2.